The van der Waals surface area contributed by atoms with E-state index in [2.05, 4.69) is 19.2 Å². The van der Waals surface area contributed by atoms with E-state index in [1.54, 1.807) is 4.90 Å². The number of hydrogen-bond donors (Lipinski definition) is 1. The lowest BCUT2D eigenvalue weighted by molar-refractivity contribution is -0.130. The van der Waals surface area contributed by atoms with Crippen LogP contribution in [-0.2, 0) is 14.3 Å². The molecular weight excluding hydrogens is 292 g/mol. The second-order valence-electron chi connectivity index (χ2n) is 6.21. The number of carbonyl (C=O) groups is 2. The van der Waals surface area contributed by atoms with E-state index in [-0.39, 0.29) is 17.9 Å². The molecule has 1 heterocycles. The number of carbonyl (C=O) groups excluding carboxylic acids is 2. The van der Waals surface area contributed by atoms with E-state index in [4.69, 9.17) is 4.74 Å². The minimum Gasteiger partial charge on any atom is -0.368 e. The van der Waals surface area contributed by atoms with Gasteiger partial charge in [-0.2, -0.15) is 0 Å². The summed E-state index contributed by atoms with van der Waals surface area (Å²) in [5.74, 6) is 0.343. The molecule has 1 atom stereocenters. The number of anilines is 1. The van der Waals surface area contributed by atoms with Crippen LogP contribution in [0.5, 0.6) is 0 Å². The normalized spacial score (nSPS) is 17.3. The molecule has 0 bridgehead atoms. The third-order valence-corrected chi connectivity index (χ3v) is 4.11. The quantitative estimate of drug-likeness (QED) is 0.876. The molecule has 5 nitrogen and oxygen atoms in total. The van der Waals surface area contributed by atoms with Gasteiger partial charge in [-0.3, -0.25) is 9.59 Å². The van der Waals surface area contributed by atoms with Gasteiger partial charge in [0.1, 0.15) is 6.10 Å². The number of ether oxygens (including phenoxy) is 1. The molecule has 0 aliphatic carbocycles. The van der Waals surface area contributed by atoms with E-state index < -0.39 is 0 Å². The summed E-state index contributed by atoms with van der Waals surface area (Å²) in [4.78, 5) is 25.5. The smallest absolute Gasteiger partial charge is 0.249 e. The summed E-state index contributed by atoms with van der Waals surface area (Å²) in [5.41, 5.74) is 2.09. The van der Waals surface area contributed by atoms with E-state index in [0.29, 0.717) is 25.6 Å². The first-order valence-corrected chi connectivity index (χ1v) is 8.26. The molecule has 1 aliphatic heterocycles. The van der Waals surface area contributed by atoms with Crippen LogP contribution < -0.4 is 10.2 Å². The molecule has 0 radical (unpaired) electrons. The Kier molecular flexibility index (Phi) is 6.16. The van der Waals surface area contributed by atoms with Gasteiger partial charge in [0.05, 0.1) is 0 Å². The van der Waals surface area contributed by atoms with Gasteiger partial charge in [0.15, 0.2) is 0 Å². The Morgan fingerprint density at radius 3 is 2.52 bits per heavy atom. The van der Waals surface area contributed by atoms with Crippen molar-refractivity contribution in [2.24, 2.45) is 0 Å². The second kappa shape index (κ2) is 8.11. The first-order chi connectivity index (χ1) is 11.0. The van der Waals surface area contributed by atoms with E-state index in [1.165, 1.54) is 12.5 Å². The number of amides is 2. The van der Waals surface area contributed by atoms with E-state index in [1.807, 2.05) is 24.3 Å². The SMILES string of the molecule is CC(=O)N(CCNC(=O)C1CCCO1)c1ccc(C(C)C)cc1. The first kappa shape index (κ1) is 17.5. The van der Waals surface area contributed by atoms with Crippen molar-refractivity contribution in [1.29, 1.82) is 0 Å². The molecule has 1 fully saturated rings. The van der Waals surface area contributed by atoms with Crippen molar-refractivity contribution >= 4 is 17.5 Å². The molecule has 1 aromatic carbocycles. The molecule has 0 spiro atoms. The van der Waals surface area contributed by atoms with Crippen LogP contribution in [0.15, 0.2) is 24.3 Å². The summed E-state index contributed by atoms with van der Waals surface area (Å²) in [6.07, 6.45) is 1.38. The van der Waals surface area contributed by atoms with Gasteiger partial charge in [-0.25, -0.2) is 0 Å². The molecule has 0 saturated carbocycles. The zero-order valence-electron chi connectivity index (χ0n) is 14.2. The maximum atomic E-state index is 11.9. The van der Waals surface area contributed by atoms with Gasteiger partial charge < -0.3 is 15.0 Å². The molecule has 5 heteroatoms. The molecule has 1 aromatic rings. The second-order valence-corrected chi connectivity index (χ2v) is 6.21. The highest BCUT2D eigenvalue weighted by Crippen LogP contribution is 2.20. The zero-order valence-corrected chi connectivity index (χ0v) is 14.2. The highest BCUT2D eigenvalue weighted by Gasteiger charge is 2.23. The summed E-state index contributed by atoms with van der Waals surface area (Å²) in [7, 11) is 0. The molecular formula is C18H26N2O3. The topological polar surface area (TPSA) is 58.6 Å². The van der Waals surface area contributed by atoms with Crippen LogP contribution in [0.3, 0.4) is 0 Å². The summed E-state index contributed by atoms with van der Waals surface area (Å²) in [5, 5.41) is 2.85. The van der Waals surface area contributed by atoms with E-state index >= 15 is 0 Å². The predicted octanol–water partition coefficient (Wildman–Crippen LogP) is 2.46. The fourth-order valence-corrected chi connectivity index (χ4v) is 2.70. The van der Waals surface area contributed by atoms with Crippen LogP contribution >= 0.6 is 0 Å². The minimum atomic E-state index is -0.328. The van der Waals surface area contributed by atoms with Gasteiger partial charge in [-0.15, -0.1) is 0 Å². The molecule has 1 N–H and O–H groups in total. The number of hydrogen-bond acceptors (Lipinski definition) is 3. The third kappa shape index (κ3) is 4.79. The molecule has 2 rings (SSSR count). The first-order valence-electron chi connectivity index (χ1n) is 8.26. The monoisotopic (exact) mass is 318 g/mol. The lowest BCUT2D eigenvalue weighted by atomic mass is 10.0. The standard InChI is InChI=1S/C18H26N2O3/c1-13(2)15-6-8-16(9-7-15)20(14(3)21)11-10-19-18(22)17-5-4-12-23-17/h6-9,13,17H,4-5,10-12H2,1-3H3,(H,19,22). The summed E-state index contributed by atoms with van der Waals surface area (Å²) in [6.45, 7) is 7.34. The van der Waals surface area contributed by atoms with Gasteiger partial charge in [0.25, 0.3) is 0 Å². The Morgan fingerprint density at radius 2 is 2.00 bits per heavy atom. The lowest BCUT2D eigenvalue weighted by Gasteiger charge is -2.22. The van der Waals surface area contributed by atoms with Crippen molar-refractivity contribution in [3.8, 4) is 0 Å². The van der Waals surface area contributed by atoms with Gasteiger partial charge in [0, 0.05) is 32.3 Å². The third-order valence-electron chi connectivity index (χ3n) is 4.11. The lowest BCUT2D eigenvalue weighted by Crippen LogP contribution is -2.41. The molecule has 1 unspecified atom stereocenters. The van der Waals surface area contributed by atoms with Gasteiger partial charge in [-0.1, -0.05) is 26.0 Å². The largest absolute Gasteiger partial charge is 0.368 e. The molecule has 2 amide bonds. The van der Waals surface area contributed by atoms with Crippen LogP contribution in [0, 0.1) is 0 Å². The average molecular weight is 318 g/mol. The van der Waals surface area contributed by atoms with Crippen LogP contribution in [-0.4, -0.2) is 37.6 Å². The number of nitrogens with one attached hydrogen (secondary N) is 1. The number of nitrogens with zero attached hydrogens (tertiary/aromatic N) is 1. The molecule has 1 saturated heterocycles. The van der Waals surface area contributed by atoms with Crippen molar-refractivity contribution in [3.05, 3.63) is 29.8 Å². The highest BCUT2D eigenvalue weighted by molar-refractivity contribution is 5.91. The Labute approximate surface area is 138 Å². The van der Waals surface area contributed by atoms with Crippen LogP contribution in [0.25, 0.3) is 0 Å². The van der Waals surface area contributed by atoms with Crippen LogP contribution in [0.1, 0.15) is 45.1 Å². The molecule has 1 aliphatic rings. The average Bonchev–Trinajstić information content (AvgIpc) is 3.05. The maximum Gasteiger partial charge on any atom is 0.249 e. The Balaban J connectivity index is 1.90. The maximum absolute atomic E-state index is 11.9. The van der Waals surface area contributed by atoms with Crippen molar-refractivity contribution in [1.82, 2.24) is 5.32 Å². The Bertz CT molecular complexity index is 534. The van der Waals surface area contributed by atoms with Crippen LogP contribution in [0.4, 0.5) is 5.69 Å². The van der Waals surface area contributed by atoms with Gasteiger partial charge in [0.2, 0.25) is 11.8 Å². The molecule has 126 valence electrons. The number of rotatable bonds is 6. The highest BCUT2D eigenvalue weighted by atomic mass is 16.5. The van der Waals surface area contributed by atoms with E-state index in [0.717, 1.165) is 18.5 Å². The predicted molar refractivity (Wildman–Crippen MR) is 90.5 cm³/mol. The van der Waals surface area contributed by atoms with Crippen molar-refractivity contribution < 1.29 is 14.3 Å². The Morgan fingerprint density at radius 1 is 1.30 bits per heavy atom. The summed E-state index contributed by atoms with van der Waals surface area (Å²) >= 11 is 0. The molecule has 23 heavy (non-hydrogen) atoms. The zero-order chi connectivity index (χ0) is 16.8. The van der Waals surface area contributed by atoms with Crippen LogP contribution in [0.2, 0.25) is 0 Å². The number of benzene rings is 1. The van der Waals surface area contributed by atoms with Crippen molar-refractivity contribution in [2.75, 3.05) is 24.6 Å². The van der Waals surface area contributed by atoms with Crippen molar-refractivity contribution in [2.45, 2.75) is 45.6 Å². The minimum absolute atomic E-state index is 0.0336. The fourth-order valence-electron chi connectivity index (χ4n) is 2.70. The molecule has 0 aromatic heterocycles. The summed E-state index contributed by atoms with van der Waals surface area (Å²) in [6, 6.07) is 8.00. The summed E-state index contributed by atoms with van der Waals surface area (Å²) < 4.78 is 5.35. The Hall–Kier alpha value is -1.88. The fraction of sp³-hybridized carbons (Fsp3) is 0.556. The van der Waals surface area contributed by atoms with E-state index in [9.17, 15) is 9.59 Å². The van der Waals surface area contributed by atoms with Gasteiger partial charge >= 0.3 is 0 Å². The van der Waals surface area contributed by atoms with Gasteiger partial charge in [-0.05, 0) is 36.5 Å². The van der Waals surface area contributed by atoms with Crippen molar-refractivity contribution in [3.63, 3.8) is 0 Å².